The van der Waals surface area contributed by atoms with E-state index in [0.29, 0.717) is 4.47 Å². The number of nitrogens with one attached hydrogen (secondary N) is 1. The third-order valence-corrected chi connectivity index (χ3v) is 2.67. The van der Waals surface area contributed by atoms with Gasteiger partial charge in [-0.2, -0.15) is 9.37 Å². The SMILES string of the molecule is CNc1ncc(F)c(Oc2cc(Br)cc([N+](=O)[O-])c2)n1. The highest BCUT2D eigenvalue weighted by atomic mass is 79.9. The molecule has 0 spiro atoms. The predicted octanol–water partition coefficient (Wildman–Crippen LogP) is 3.12. The van der Waals surface area contributed by atoms with Gasteiger partial charge in [-0.15, -0.1) is 0 Å². The summed E-state index contributed by atoms with van der Waals surface area (Å²) in [5.74, 6) is -0.833. The quantitative estimate of drug-likeness (QED) is 0.678. The molecule has 104 valence electrons. The van der Waals surface area contributed by atoms with Gasteiger partial charge in [0.25, 0.3) is 11.6 Å². The molecule has 0 saturated carbocycles. The molecule has 0 aliphatic rings. The minimum absolute atomic E-state index is 0.0886. The van der Waals surface area contributed by atoms with Crippen molar-refractivity contribution in [3.63, 3.8) is 0 Å². The molecule has 0 saturated heterocycles. The van der Waals surface area contributed by atoms with Crippen molar-refractivity contribution in [2.45, 2.75) is 0 Å². The van der Waals surface area contributed by atoms with Crippen molar-refractivity contribution < 1.29 is 14.1 Å². The van der Waals surface area contributed by atoms with E-state index >= 15 is 0 Å². The molecule has 0 aliphatic carbocycles. The van der Waals surface area contributed by atoms with Crippen molar-refractivity contribution in [2.75, 3.05) is 12.4 Å². The summed E-state index contributed by atoms with van der Waals surface area (Å²) < 4.78 is 19.2. The molecular weight excluding hydrogens is 335 g/mol. The van der Waals surface area contributed by atoms with Crippen molar-refractivity contribution in [3.8, 4) is 11.6 Å². The van der Waals surface area contributed by atoms with Crippen LogP contribution in [-0.4, -0.2) is 21.9 Å². The van der Waals surface area contributed by atoms with Gasteiger partial charge in [0, 0.05) is 17.6 Å². The van der Waals surface area contributed by atoms with Crippen molar-refractivity contribution in [3.05, 3.63) is 44.8 Å². The summed E-state index contributed by atoms with van der Waals surface area (Å²) in [6, 6.07) is 3.95. The van der Waals surface area contributed by atoms with E-state index in [1.807, 2.05) is 0 Å². The number of nitro benzene ring substituents is 1. The highest BCUT2D eigenvalue weighted by Gasteiger charge is 2.13. The highest BCUT2D eigenvalue weighted by Crippen LogP contribution is 2.30. The van der Waals surface area contributed by atoms with Crippen LogP contribution in [0.1, 0.15) is 0 Å². The average molecular weight is 343 g/mol. The van der Waals surface area contributed by atoms with Crippen LogP contribution in [0.25, 0.3) is 0 Å². The second-order valence-corrected chi connectivity index (χ2v) is 4.52. The first kappa shape index (κ1) is 14.1. The van der Waals surface area contributed by atoms with Crippen LogP contribution in [0.3, 0.4) is 0 Å². The van der Waals surface area contributed by atoms with Gasteiger partial charge in [-0.3, -0.25) is 10.1 Å². The number of non-ortho nitro benzene ring substituents is 1. The van der Waals surface area contributed by atoms with E-state index in [-0.39, 0.29) is 23.3 Å². The molecule has 0 atom stereocenters. The van der Waals surface area contributed by atoms with Gasteiger partial charge in [-0.05, 0) is 6.07 Å². The molecule has 0 radical (unpaired) electrons. The van der Waals surface area contributed by atoms with E-state index in [4.69, 9.17) is 4.74 Å². The fourth-order valence-electron chi connectivity index (χ4n) is 1.37. The molecule has 7 nitrogen and oxygen atoms in total. The number of nitrogens with zero attached hydrogens (tertiary/aromatic N) is 3. The number of ether oxygens (including phenoxy) is 1. The Balaban J connectivity index is 2.36. The molecule has 1 N–H and O–H groups in total. The summed E-state index contributed by atoms with van der Waals surface area (Å²) in [6.07, 6.45) is 0.945. The first-order valence-electron chi connectivity index (χ1n) is 5.32. The number of hydrogen-bond acceptors (Lipinski definition) is 6. The lowest BCUT2D eigenvalue weighted by Gasteiger charge is -2.07. The smallest absolute Gasteiger partial charge is 0.274 e. The van der Waals surface area contributed by atoms with Crippen LogP contribution >= 0.6 is 15.9 Å². The number of benzene rings is 1. The van der Waals surface area contributed by atoms with E-state index in [1.54, 1.807) is 7.05 Å². The second kappa shape index (κ2) is 5.78. The summed E-state index contributed by atoms with van der Waals surface area (Å²) in [7, 11) is 1.57. The van der Waals surface area contributed by atoms with Crippen LogP contribution in [0, 0.1) is 15.9 Å². The average Bonchev–Trinajstić information content (AvgIpc) is 2.40. The molecule has 0 amide bonds. The Morgan fingerprint density at radius 2 is 2.20 bits per heavy atom. The van der Waals surface area contributed by atoms with Gasteiger partial charge in [-0.1, -0.05) is 15.9 Å². The topological polar surface area (TPSA) is 90.2 Å². The van der Waals surface area contributed by atoms with E-state index in [1.165, 1.54) is 18.2 Å². The van der Waals surface area contributed by atoms with Crippen molar-refractivity contribution in [2.24, 2.45) is 0 Å². The predicted molar refractivity (Wildman–Crippen MR) is 72.4 cm³/mol. The normalized spacial score (nSPS) is 10.2. The zero-order valence-electron chi connectivity index (χ0n) is 10.1. The van der Waals surface area contributed by atoms with Crippen LogP contribution in [0.4, 0.5) is 16.0 Å². The Morgan fingerprint density at radius 3 is 2.85 bits per heavy atom. The molecule has 2 rings (SSSR count). The Kier molecular flexibility index (Phi) is 4.08. The molecule has 0 aliphatic heterocycles. The summed E-state index contributed by atoms with van der Waals surface area (Å²) in [5, 5.41) is 13.4. The Bertz CT molecular complexity index is 668. The van der Waals surface area contributed by atoms with Gasteiger partial charge in [-0.25, -0.2) is 4.98 Å². The van der Waals surface area contributed by atoms with Crippen LogP contribution in [0.5, 0.6) is 11.6 Å². The molecule has 20 heavy (non-hydrogen) atoms. The standard InChI is InChI=1S/C11H8BrFN4O3/c1-14-11-15-5-9(13)10(16-11)20-8-3-6(12)2-7(4-8)17(18)19/h2-5H,1H3,(H,14,15,16). The lowest BCUT2D eigenvalue weighted by molar-refractivity contribution is -0.385. The number of nitro groups is 1. The van der Waals surface area contributed by atoms with Crippen LogP contribution in [-0.2, 0) is 0 Å². The zero-order valence-corrected chi connectivity index (χ0v) is 11.7. The monoisotopic (exact) mass is 342 g/mol. The Hall–Kier alpha value is -2.29. The molecule has 0 fully saturated rings. The number of hydrogen-bond donors (Lipinski definition) is 1. The lowest BCUT2D eigenvalue weighted by atomic mass is 10.3. The van der Waals surface area contributed by atoms with E-state index < -0.39 is 10.7 Å². The summed E-state index contributed by atoms with van der Waals surface area (Å²) in [6.45, 7) is 0. The van der Waals surface area contributed by atoms with E-state index in [9.17, 15) is 14.5 Å². The summed E-state index contributed by atoms with van der Waals surface area (Å²) in [4.78, 5) is 17.6. The number of halogens is 2. The van der Waals surface area contributed by atoms with Crippen LogP contribution in [0.15, 0.2) is 28.9 Å². The van der Waals surface area contributed by atoms with Gasteiger partial charge >= 0.3 is 0 Å². The molecule has 0 bridgehead atoms. The maximum Gasteiger partial charge on any atom is 0.274 e. The maximum atomic E-state index is 13.5. The van der Waals surface area contributed by atoms with Gasteiger partial charge in [0.1, 0.15) is 5.75 Å². The molecule has 1 heterocycles. The van der Waals surface area contributed by atoms with Gasteiger partial charge in [0.2, 0.25) is 11.8 Å². The fraction of sp³-hybridized carbons (Fsp3) is 0.0909. The zero-order chi connectivity index (χ0) is 14.7. The first-order valence-corrected chi connectivity index (χ1v) is 6.12. The Labute approximate surface area is 121 Å². The summed E-state index contributed by atoms with van der Waals surface area (Å²) >= 11 is 3.12. The molecule has 0 unspecified atom stereocenters. The van der Waals surface area contributed by atoms with Crippen LogP contribution in [0.2, 0.25) is 0 Å². The summed E-state index contributed by atoms with van der Waals surface area (Å²) in [5.41, 5.74) is -0.183. The lowest BCUT2D eigenvalue weighted by Crippen LogP contribution is -2.00. The van der Waals surface area contributed by atoms with Crippen molar-refractivity contribution in [1.82, 2.24) is 9.97 Å². The first-order chi connectivity index (χ1) is 9.49. The minimum Gasteiger partial charge on any atom is -0.436 e. The molecule has 9 heteroatoms. The second-order valence-electron chi connectivity index (χ2n) is 3.60. The largest absolute Gasteiger partial charge is 0.436 e. The highest BCUT2D eigenvalue weighted by molar-refractivity contribution is 9.10. The van der Waals surface area contributed by atoms with E-state index in [0.717, 1.165) is 6.20 Å². The van der Waals surface area contributed by atoms with Gasteiger partial charge < -0.3 is 10.1 Å². The van der Waals surface area contributed by atoms with Crippen molar-refractivity contribution in [1.29, 1.82) is 0 Å². The van der Waals surface area contributed by atoms with Gasteiger partial charge in [0.05, 0.1) is 17.2 Å². The van der Waals surface area contributed by atoms with Crippen LogP contribution < -0.4 is 10.1 Å². The van der Waals surface area contributed by atoms with Gasteiger partial charge in [0.15, 0.2) is 0 Å². The molecule has 1 aromatic heterocycles. The minimum atomic E-state index is -0.772. The van der Waals surface area contributed by atoms with E-state index in [2.05, 4.69) is 31.2 Å². The number of anilines is 1. The molecule has 2 aromatic rings. The third kappa shape index (κ3) is 3.18. The fourth-order valence-corrected chi connectivity index (χ4v) is 1.83. The Morgan fingerprint density at radius 1 is 1.45 bits per heavy atom. The van der Waals surface area contributed by atoms with Crippen molar-refractivity contribution >= 4 is 27.6 Å². The molecule has 1 aromatic carbocycles. The molecular formula is C11H8BrFN4O3. The maximum absolute atomic E-state index is 13.5. The number of rotatable bonds is 4. The third-order valence-electron chi connectivity index (χ3n) is 2.22. The number of aromatic nitrogens is 2.